The van der Waals surface area contributed by atoms with Crippen LogP contribution in [-0.4, -0.2) is 38.5 Å². The van der Waals surface area contributed by atoms with Gasteiger partial charge in [-0.25, -0.2) is 17.8 Å². The summed E-state index contributed by atoms with van der Waals surface area (Å²) >= 11 is 0. The average Bonchev–Trinajstić information content (AvgIpc) is 2.84. The lowest BCUT2D eigenvalue weighted by molar-refractivity contribution is 0.599. The molecule has 0 bridgehead atoms. The number of halogens is 1. The van der Waals surface area contributed by atoms with Crippen molar-refractivity contribution >= 4 is 15.8 Å². The Morgan fingerprint density at radius 2 is 2.30 bits per heavy atom. The highest BCUT2D eigenvalue weighted by Gasteiger charge is 2.28. The van der Waals surface area contributed by atoms with E-state index < -0.39 is 15.7 Å². The molecular weight excluding hydrogens is 319 g/mol. The summed E-state index contributed by atoms with van der Waals surface area (Å²) in [5.41, 5.74) is 0.636. The van der Waals surface area contributed by atoms with Crippen molar-refractivity contribution in [3.05, 3.63) is 35.1 Å². The molecule has 0 spiro atoms. The van der Waals surface area contributed by atoms with E-state index in [0.717, 1.165) is 0 Å². The second-order valence-corrected chi connectivity index (χ2v) is 7.59. The number of benzene rings is 1. The van der Waals surface area contributed by atoms with Gasteiger partial charge in [-0.15, -0.1) is 0 Å². The van der Waals surface area contributed by atoms with Crippen LogP contribution in [0.1, 0.15) is 24.5 Å². The van der Waals surface area contributed by atoms with Gasteiger partial charge in [-0.3, -0.25) is 0 Å². The van der Waals surface area contributed by atoms with Gasteiger partial charge in [0.25, 0.3) is 0 Å². The molecule has 1 fully saturated rings. The fourth-order valence-corrected chi connectivity index (χ4v) is 4.00. The van der Waals surface area contributed by atoms with Gasteiger partial charge in [0.1, 0.15) is 5.82 Å². The third-order valence-electron chi connectivity index (χ3n) is 3.51. The second-order valence-electron chi connectivity index (χ2n) is 5.36. The molecule has 124 valence electrons. The zero-order valence-electron chi connectivity index (χ0n) is 12.8. The first-order chi connectivity index (χ1) is 10.9. The predicted molar refractivity (Wildman–Crippen MR) is 86.1 cm³/mol. The topological polar surface area (TPSA) is 94.3 Å². The van der Waals surface area contributed by atoms with E-state index >= 15 is 0 Å². The van der Waals surface area contributed by atoms with Crippen LogP contribution in [0.15, 0.2) is 23.2 Å². The number of nitriles is 1. The highest BCUT2D eigenvalue weighted by molar-refractivity contribution is 7.91. The Morgan fingerprint density at radius 3 is 2.87 bits per heavy atom. The Kier molecular flexibility index (Phi) is 5.55. The van der Waals surface area contributed by atoms with Gasteiger partial charge in [0.2, 0.25) is 0 Å². The van der Waals surface area contributed by atoms with Gasteiger partial charge in [-0.2, -0.15) is 5.26 Å². The SMILES string of the molecule is CCNC(=NCc1ccc(C#N)cc1F)NC1CCS(=O)(=O)C1. The molecule has 1 heterocycles. The number of hydrogen-bond acceptors (Lipinski definition) is 4. The summed E-state index contributed by atoms with van der Waals surface area (Å²) < 4.78 is 36.8. The molecular formula is C15H19FN4O2S. The predicted octanol–water partition coefficient (Wildman–Crippen LogP) is 0.940. The molecule has 6 nitrogen and oxygen atoms in total. The van der Waals surface area contributed by atoms with Gasteiger partial charge in [-0.1, -0.05) is 6.07 Å². The van der Waals surface area contributed by atoms with Crippen LogP contribution in [0.5, 0.6) is 0 Å². The standard InChI is InChI=1S/C15H19FN4O2S/c1-2-18-15(20-13-5-6-23(21,22)10-13)19-9-12-4-3-11(8-17)7-14(12)16/h3-4,7,13H,2,5-6,9-10H2,1H3,(H2,18,19,20). The lowest BCUT2D eigenvalue weighted by Gasteiger charge is -2.15. The third kappa shape index (κ3) is 4.93. The number of aliphatic imine (C=N–C) groups is 1. The summed E-state index contributed by atoms with van der Waals surface area (Å²) in [5.74, 6) is 0.238. The number of nitrogens with zero attached hydrogens (tertiary/aromatic N) is 2. The van der Waals surface area contributed by atoms with E-state index in [1.165, 1.54) is 18.2 Å². The summed E-state index contributed by atoms with van der Waals surface area (Å²) in [6, 6.07) is 5.95. The Balaban J connectivity index is 2.06. The van der Waals surface area contributed by atoms with Crippen molar-refractivity contribution in [1.29, 1.82) is 5.26 Å². The van der Waals surface area contributed by atoms with Gasteiger partial charge in [-0.05, 0) is 25.5 Å². The molecule has 1 aliphatic rings. The second kappa shape index (κ2) is 7.42. The van der Waals surface area contributed by atoms with E-state index in [1.807, 2.05) is 13.0 Å². The van der Waals surface area contributed by atoms with E-state index in [9.17, 15) is 12.8 Å². The average molecular weight is 338 g/mol. The molecule has 0 radical (unpaired) electrons. The van der Waals surface area contributed by atoms with E-state index in [4.69, 9.17) is 5.26 Å². The van der Waals surface area contributed by atoms with Crippen molar-refractivity contribution in [1.82, 2.24) is 10.6 Å². The summed E-state index contributed by atoms with van der Waals surface area (Å²) in [6.45, 7) is 2.61. The molecule has 1 aliphatic heterocycles. The van der Waals surface area contributed by atoms with Crippen molar-refractivity contribution in [2.24, 2.45) is 4.99 Å². The Morgan fingerprint density at radius 1 is 1.52 bits per heavy atom. The Labute approximate surface area is 135 Å². The molecule has 1 unspecified atom stereocenters. The van der Waals surface area contributed by atoms with Crippen LogP contribution >= 0.6 is 0 Å². The lowest BCUT2D eigenvalue weighted by Crippen LogP contribution is -2.44. The maximum atomic E-state index is 13.8. The molecule has 8 heteroatoms. The minimum Gasteiger partial charge on any atom is -0.357 e. The van der Waals surface area contributed by atoms with Crippen molar-refractivity contribution in [2.75, 3.05) is 18.1 Å². The molecule has 0 amide bonds. The quantitative estimate of drug-likeness (QED) is 0.629. The van der Waals surface area contributed by atoms with Gasteiger partial charge < -0.3 is 10.6 Å². The zero-order valence-corrected chi connectivity index (χ0v) is 13.7. The molecule has 0 aliphatic carbocycles. The van der Waals surface area contributed by atoms with Crippen LogP contribution in [0.4, 0.5) is 4.39 Å². The molecule has 23 heavy (non-hydrogen) atoms. The molecule has 1 aromatic rings. The summed E-state index contributed by atoms with van der Waals surface area (Å²) in [6.07, 6.45) is 0.540. The van der Waals surface area contributed by atoms with Crippen molar-refractivity contribution in [3.63, 3.8) is 0 Å². The van der Waals surface area contributed by atoms with Crippen LogP contribution in [0.3, 0.4) is 0 Å². The van der Waals surface area contributed by atoms with Crippen molar-refractivity contribution in [3.8, 4) is 6.07 Å². The maximum Gasteiger partial charge on any atom is 0.191 e. The molecule has 2 N–H and O–H groups in total. The van der Waals surface area contributed by atoms with E-state index in [-0.39, 0.29) is 29.7 Å². The molecule has 0 saturated carbocycles. The first-order valence-corrected chi connectivity index (χ1v) is 9.19. The first-order valence-electron chi connectivity index (χ1n) is 7.37. The van der Waals surface area contributed by atoms with Crippen LogP contribution < -0.4 is 10.6 Å². The summed E-state index contributed by atoms with van der Waals surface area (Å²) in [7, 11) is -2.97. The molecule has 0 aromatic heterocycles. The monoisotopic (exact) mass is 338 g/mol. The van der Waals surface area contributed by atoms with Gasteiger partial charge in [0.05, 0.1) is 29.7 Å². The van der Waals surface area contributed by atoms with Crippen LogP contribution in [-0.2, 0) is 16.4 Å². The fourth-order valence-electron chi connectivity index (χ4n) is 2.33. The number of rotatable bonds is 4. The van der Waals surface area contributed by atoms with Crippen molar-refractivity contribution in [2.45, 2.75) is 25.9 Å². The largest absolute Gasteiger partial charge is 0.357 e. The lowest BCUT2D eigenvalue weighted by atomic mass is 10.1. The van der Waals surface area contributed by atoms with Crippen LogP contribution in [0, 0.1) is 17.1 Å². The number of nitrogens with one attached hydrogen (secondary N) is 2. The van der Waals surface area contributed by atoms with Gasteiger partial charge in [0, 0.05) is 18.2 Å². The van der Waals surface area contributed by atoms with Gasteiger partial charge in [0.15, 0.2) is 15.8 Å². The van der Waals surface area contributed by atoms with E-state index in [0.29, 0.717) is 24.5 Å². The number of hydrogen-bond donors (Lipinski definition) is 2. The first kappa shape index (κ1) is 17.2. The summed E-state index contributed by atoms with van der Waals surface area (Å²) in [4.78, 5) is 4.29. The Bertz CT molecular complexity index is 740. The summed E-state index contributed by atoms with van der Waals surface area (Å²) in [5, 5.41) is 14.8. The van der Waals surface area contributed by atoms with Gasteiger partial charge >= 0.3 is 0 Å². The smallest absolute Gasteiger partial charge is 0.191 e. The molecule has 1 saturated heterocycles. The minimum atomic E-state index is -2.97. The normalized spacial score (nSPS) is 20.0. The highest BCUT2D eigenvalue weighted by Crippen LogP contribution is 2.12. The molecule has 1 atom stereocenters. The molecule has 1 aromatic carbocycles. The van der Waals surface area contributed by atoms with E-state index in [1.54, 1.807) is 0 Å². The van der Waals surface area contributed by atoms with Crippen molar-refractivity contribution < 1.29 is 12.8 Å². The third-order valence-corrected chi connectivity index (χ3v) is 5.28. The number of sulfone groups is 1. The maximum absolute atomic E-state index is 13.8. The minimum absolute atomic E-state index is 0.0860. The van der Waals surface area contributed by atoms with Crippen LogP contribution in [0.25, 0.3) is 0 Å². The highest BCUT2D eigenvalue weighted by atomic mass is 32.2. The fraction of sp³-hybridized carbons (Fsp3) is 0.467. The van der Waals surface area contributed by atoms with Crippen LogP contribution in [0.2, 0.25) is 0 Å². The molecule has 2 rings (SSSR count). The van der Waals surface area contributed by atoms with E-state index in [2.05, 4.69) is 15.6 Å². The zero-order chi connectivity index (χ0) is 16.9. The Hall–Kier alpha value is -2.14. The number of guanidine groups is 1.